The molecule has 3 unspecified atom stereocenters. The highest BCUT2D eigenvalue weighted by Gasteiger charge is 2.36. The third-order valence-electron chi connectivity index (χ3n) is 8.84. The molecule has 49 heavy (non-hydrogen) atoms. The Bertz CT molecular complexity index is 1740. The lowest BCUT2D eigenvalue weighted by Crippen LogP contribution is -2.60. The van der Waals surface area contributed by atoms with Crippen LogP contribution in [0.5, 0.6) is 0 Å². The lowest BCUT2D eigenvalue weighted by molar-refractivity contribution is -0.137. The van der Waals surface area contributed by atoms with Crippen LogP contribution in [0.1, 0.15) is 29.5 Å². The van der Waals surface area contributed by atoms with Crippen LogP contribution in [0.25, 0.3) is 0 Å². The predicted octanol–water partition coefficient (Wildman–Crippen LogP) is 2.03. The van der Waals surface area contributed by atoms with Crippen LogP contribution >= 0.6 is 11.6 Å². The van der Waals surface area contributed by atoms with Crippen molar-refractivity contribution in [2.75, 3.05) is 48.6 Å². The van der Waals surface area contributed by atoms with Crippen molar-refractivity contribution in [2.45, 2.75) is 50.4 Å². The highest BCUT2D eigenvalue weighted by atomic mass is 35.5. The maximum atomic E-state index is 14.4. The van der Waals surface area contributed by atoms with Gasteiger partial charge in [0.2, 0.25) is 27.7 Å². The van der Waals surface area contributed by atoms with Gasteiger partial charge in [-0.15, -0.1) is 0 Å². The summed E-state index contributed by atoms with van der Waals surface area (Å²) in [6, 6.07) is 20.6. The first-order chi connectivity index (χ1) is 23.5. The van der Waals surface area contributed by atoms with Gasteiger partial charge in [0.05, 0.1) is 23.7 Å². The Morgan fingerprint density at radius 2 is 1.71 bits per heavy atom. The Morgan fingerprint density at radius 1 is 1.00 bits per heavy atom. The van der Waals surface area contributed by atoms with Crippen LogP contribution in [0, 0.1) is 0 Å². The minimum Gasteiger partial charge on any atom is -0.363 e. The number of nitrogens with two attached hydrogens (primary N) is 1. The van der Waals surface area contributed by atoms with E-state index in [1.165, 1.54) is 0 Å². The standard InChI is InChI=1S/C35H44ClN7O5S/c1-49(47,48)41-29-8-4-5-9-32(29)43-19-18-42(23-28(43)14-15-33(44)38-17-16-37)35(46)31(20-24-10-12-27(36)13-11-24)40-34(45)30-21-25-6-2-3-7-26(25)22-39-30/h2-13,28,30-31,39,41H,14-23,37H2,1H3,(H,38,44)(H,40,45). The van der Waals surface area contributed by atoms with E-state index in [-0.39, 0.29) is 43.1 Å². The molecular weight excluding hydrogens is 666 g/mol. The fourth-order valence-corrected chi connectivity index (χ4v) is 7.11. The largest absolute Gasteiger partial charge is 0.363 e. The molecule has 3 amide bonds. The number of hydrogen-bond donors (Lipinski definition) is 5. The molecule has 12 nitrogen and oxygen atoms in total. The number of para-hydroxylation sites is 2. The minimum atomic E-state index is -3.57. The number of benzene rings is 3. The average molecular weight is 710 g/mol. The molecule has 0 bridgehead atoms. The van der Waals surface area contributed by atoms with E-state index in [0.717, 1.165) is 22.9 Å². The lowest BCUT2D eigenvalue weighted by atomic mass is 9.95. The average Bonchev–Trinajstić information content (AvgIpc) is 3.09. The molecule has 262 valence electrons. The molecule has 0 saturated carbocycles. The van der Waals surface area contributed by atoms with Crippen molar-refractivity contribution in [3.63, 3.8) is 0 Å². The summed E-state index contributed by atoms with van der Waals surface area (Å²) in [5.41, 5.74) is 9.72. The predicted molar refractivity (Wildman–Crippen MR) is 192 cm³/mol. The van der Waals surface area contributed by atoms with Crippen LogP contribution in [0.2, 0.25) is 5.02 Å². The minimum absolute atomic E-state index is 0.161. The van der Waals surface area contributed by atoms with E-state index < -0.39 is 22.1 Å². The normalized spacial score (nSPS) is 18.3. The molecule has 0 spiro atoms. The number of hydrogen-bond acceptors (Lipinski definition) is 8. The summed E-state index contributed by atoms with van der Waals surface area (Å²) in [7, 11) is -3.57. The van der Waals surface area contributed by atoms with E-state index in [4.69, 9.17) is 17.3 Å². The number of piperazine rings is 1. The van der Waals surface area contributed by atoms with Crippen molar-refractivity contribution in [3.05, 3.63) is 94.5 Å². The third-order valence-corrected chi connectivity index (χ3v) is 9.68. The first kappa shape index (κ1) is 36.1. The summed E-state index contributed by atoms with van der Waals surface area (Å²) in [6.45, 7) is 2.19. The zero-order chi connectivity index (χ0) is 35.0. The highest BCUT2D eigenvalue weighted by molar-refractivity contribution is 7.92. The SMILES string of the molecule is CS(=O)(=O)Nc1ccccc1N1CCN(C(=O)C(Cc2ccc(Cl)cc2)NC(=O)C2Cc3ccccc3CN2)CC1CCC(=O)NCCN. The number of rotatable bonds is 13. The van der Waals surface area contributed by atoms with E-state index in [0.29, 0.717) is 62.0 Å². The molecule has 14 heteroatoms. The van der Waals surface area contributed by atoms with Crippen molar-refractivity contribution < 1.29 is 22.8 Å². The van der Waals surface area contributed by atoms with Crippen LogP contribution in [0.15, 0.2) is 72.8 Å². The summed E-state index contributed by atoms with van der Waals surface area (Å²) >= 11 is 6.14. The van der Waals surface area contributed by atoms with Crippen LogP contribution in [0.4, 0.5) is 11.4 Å². The van der Waals surface area contributed by atoms with Gasteiger partial charge in [0.25, 0.3) is 0 Å². The molecule has 2 aliphatic rings. The van der Waals surface area contributed by atoms with Gasteiger partial charge in [0.15, 0.2) is 0 Å². The molecule has 3 aromatic carbocycles. The van der Waals surface area contributed by atoms with E-state index in [1.54, 1.807) is 29.2 Å². The molecule has 2 heterocycles. The molecule has 3 atom stereocenters. The number of nitrogens with one attached hydrogen (secondary N) is 4. The Morgan fingerprint density at radius 3 is 2.45 bits per heavy atom. The van der Waals surface area contributed by atoms with Gasteiger partial charge in [0, 0.05) is 63.2 Å². The summed E-state index contributed by atoms with van der Waals surface area (Å²) < 4.78 is 27.0. The van der Waals surface area contributed by atoms with Gasteiger partial charge in [-0.2, -0.15) is 0 Å². The Kier molecular flexibility index (Phi) is 12.2. The van der Waals surface area contributed by atoms with Gasteiger partial charge in [0.1, 0.15) is 6.04 Å². The van der Waals surface area contributed by atoms with Crippen molar-refractivity contribution in [1.82, 2.24) is 20.9 Å². The summed E-state index contributed by atoms with van der Waals surface area (Å²) in [5.74, 6) is -0.653. The first-order valence-electron chi connectivity index (χ1n) is 16.4. The number of fused-ring (bicyclic) bond motifs is 1. The van der Waals surface area contributed by atoms with Crippen LogP contribution in [-0.2, 0) is 43.8 Å². The summed E-state index contributed by atoms with van der Waals surface area (Å²) in [6.07, 6.45) is 2.45. The fraction of sp³-hybridized carbons (Fsp3) is 0.400. The molecule has 0 radical (unpaired) electrons. The molecule has 1 fully saturated rings. The van der Waals surface area contributed by atoms with E-state index >= 15 is 0 Å². The molecule has 0 aliphatic carbocycles. The van der Waals surface area contributed by atoms with E-state index in [2.05, 4.69) is 20.7 Å². The number of amides is 3. The van der Waals surface area contributed by atoms with E-state index in [1.807, 2.05) is 53.4 Å². The van der Waals surface area contributed by atoms with Crippen LogP contribution in [-0.4, -0.2) is 88.1 Å². The molecular formula is C35H44ClN7O5S. The first-order valence-corrected chi connectivity index (χ1v) is 18.7. The van der Waals surface area contributed by atoms with Crippen molar-refractivity contribution in [3.8, 4) is 0 Å². The number of halogens is 1. The third kappa shape index (κ3) is 9.94. The maximum absolute atomic E-state index is 14.4. The molecule has 2 aliphatic heterocycles. The summed E-state index contributed by atoms with van der Waals surface area (Å²) in [5, 5.41) is 9.72. The van der Waals surface area contributed by atoms with Gasteiger partial charge < -0.3 is 31.5 Å². The van der Waals surface area contributed by atoms with Gasteiger partial charge in [-0.25, -0.2) is 8.42 Å². The second-order valence-electron chi connectivity index (χ2n) is 12.5. The number of sulfonamides is 1. The van der Waals surface area contributed by atoms with E-state index in [9.17, 15) is 22.8 Å². The maximum Gasteiger partial charge on any atom is 0.245 e. The van der Waals surface area contributed by atoms with Crippen molar-refractivity contribution in [1.29, 1.82) is 0 Å². The zero-order valence-corrected chi connectivity index (χ0v) is 29.1. The van der Waals surface area contributed by atoms with Gasteiger partial charge >= 0.3 is 0 Å². The van der Waals surface area contributed by atoms with Crippen LogP contribution in [0.3, 0.4) is 0 Å². The lowest BCUT2D eigenvalue weighted by Gasteiger charge is -2.44. The number of carbonyl (C=O) groups is 3. The quantitative estimate of drug-likeness (QED) is 0.180. The summed E-state index contributed by atoms with van der Waals surface area (Å²) in [4.78, 5) is 44.5. The van der Waals surface area contributed by atoms with Crippen LogP contribution < -0.4 is 31.3 Å². The van der Waals surface area contributed by atoms with Gasteiger partial charge in [-0.1, -0.05) is 60.1 Å². The second kappa shape index (κ2) is 16.5. The molecule has 6 N–H and O–H groups in total. The fourth-order valence-electron chi connectivity index (χ4n) is 6.42. The van der Waals surface area contributed by atoms with Crippen molar-refractivity contribution in [2.24, 2.45) is 5.73 Å². The van der Waals surface area contributed by atoms with Crippen molar-refractivity contribution >= 4 is 50.7 Å². The number of anilines is 2. The monoisotopic (exact) mass is 709 g/mol. The molecule has 3 aromatic rings. The highest BCUT2D eigenvalue weighted by Crippen LogP contribution is 2.31. The molecule has 1 saturated heterocycles. The Balaban J connectivity index is 1.37. The van der Waals surface area contributed by atoms with Gasteiger partial charge in [-0.3, -0.25) is 19.1 Å². The molecule has 5 rings (SSSR count). The zero-order valence-electron chi connectivity index (χ0n) is 27.5. The number of nitrogens with zero attached hydrogens (tertiary/aromatic N) is 2. The smallest absolute Gasteiger partial charge is 0.245 e. The Hall–Kier alpha value is -4.17. The molecule has 0 aromatic heterocycles. The Labute approximate surface area is 292 Å². The topological polar surface area (TPSA) is 166 Å². The second-order valence-corrected chi connectivity index (χ2v) is 14.7. The number of carbonyl (C=O) groups excluding carboxylic acids is 3. The van der Waals surface area contributed by atoms with Gasteiger partial charge in [-0.05, 0) is 53.8 Å².